The van der Waals surface area contributed by atoms with Gasteiger partial charge >= 0.3 is 11.9 Å². The summed E-state index contributed by atoms with van der Waals surface area (Å²) in [6, 6.07) is 0. The molecule has 0 amide bonds. The van der Waals surface area contributed by atoms with Crippen molar-refractivity contribution in [3.05, 3.63) is 22.4 Å². The lowest BCUT2D eigenvalue weighted by molar-refractivity contribution is -0.144. The lowest BCUT2D eigenvalue weighted by Crippen LogP contribution is -2.32. The van der Waals surface area contributed by atoms with Gasteiger partial charge in [0.2, 0.25) is 5.78 Å². The largest absolute Gasteiger partial charge is 0.466 e. The molecule has 7 heteroatoms. The zero-order valence-corrected chi connectivity index (χ0v) is 27.9. The highest BCUT2D eigenvalue weighted by Gasteiger charge is 2.31. The molecular weight excluding hydrogens is 542 g/mol. The predicted octanol–water partition coefficient (Wildman–Crippen LogP) is 8.64. The first-order valence-electron chi connectivity index (χ1n) is 17.4. The predicted molar refractivity (Wildman–Crippen MR) is 174 cm³/mol. The van der Waals surface area contributed by atoms with Crippen LogP contribution in [0.3, 0.4) is 0 Å². The quantitative estimate of drug-likeness (QED) is 0.0570. The second-order valence-electron chi connectivity index (χ2n) is 11.9. The highest BCUT2D eigenvalue weighted by Crippen LogP contribution is 2.30. The van der Waals surface area contributed by atoms with Crippen molar-refractivity contribution in [3.63, 3.8) is 0 Å². The van der Waals surface area contributed by atoms with Crippen LogP contribution in [-0.2, 0) is 28.7 Å². The van der Waals surface area contributed by atoms with Crippen molar-refractivity contribution in [2.45, 2.75) is 163 Å². The Bertz CT molecular complexity index is 903. The molecule has 1 rings (SSSR count). The summed E-state index contributed by atoms with van der Waals surface area (Å²) in [5.41, 5.74) is 2.05. The fourth-order valence-electron chi connectivity index (χ4n) is 5.35. The first kappa shape index (κ1) is 38.6. The third-order valence-electron chi connectivity index (χ3n) is 8.03. The summed E-state index contributed by atoms with van der Waals surface area (Å²) in [6.45, 7) is 9.26. The Morgan fingerprint density at radius 3 is 1.63 bits per heavy atom. The number of carbonyl (C=O) groups excluding carboxylic acids is 4. The molecule has 0 aromatic heterocycles. The van der Waals surface area contributed by atoms with E-state index in [1.165, 1.54) is 51.4 Å². The maximum atomic E-state index is 13.7. The number of esters is 2. The summed E-state index contributed by atoms with van der Waals surface area (Å²) < 4.78 is 10.4. The summed E-state index contributed by atoms with van der Waals surface area (Å²) in [4.78, 5) is 51.0. The maximum absolute atomic E-state index is 13.7. The number of hydrogen-bond donors (Lipinski definition) is 1. The van der Waals surface area contributed by atoms with Crippen LogP contribution in [0.4, 0.5) is 0 Å². The fraction of sp³-hybridized carbons (Fsp3) is 0.778. The van der Waals surface area contributed by atoms with Gasteiger partial charge in [0.05, 0.1) is 18.9 Å². The molecule has 1 N–H and O–H groups in total. The van der Waals surface area contributed by atoms with Crippen molar-refractivity contribution in [2.24, 2.45) is 0 Å². The Balaban J connectivity index is 2.70. The number of unbranched alkanes of at least 4 members (excludes halogenated alkanes) is 12. The number of hydrogen-bond acceptors (Lipinski definition) is 7. The van der Waals surface area contributed by atoms with E-state index in [0.717, 1.165) is 38.5 Å². The Morgan fingerprint density at radius 2 is 1.05 bits per heavy atom. The minimum absolute atomic E-state index is 0.0759. The van der Waals surface area contributed by atoms with Crippen LogP contribution < -0.4 is 5.32 Å². The van der Waals surface area contributed by atoms with Crippen molar-refractivity contribution in [3.8, 4) is 0 Å². The Morgan fingerprint density at radius 1 is 0.558 bits per heavy atom. The second kappa shape index (κ2) is 24.9. The molecule has 7 nitrogen and oxygen atoms in total. The highest BCUT2D eigenvalue weighted by atomic mass is 16.5. The van der Waals surface area contributed by atoms with Gasteiger partial charge in [-0.1, -0.05) is 91.4 Å². The summed E-state index contributed by atoms with van der Waals surface area (Å²) in [6.07, 6.45) is 19.6. The van der Waals surface area contributed by atoms with E-state index in [2.05, 4.69) is 19.2 Å². The van der Waals surface area contributed by atoms with Gasteiger partial charge in [-0.3, -0.25) is 19.2 Å². The molecule has 0 fully saturated rings. The SMILES string of the molecule is CCCCCCCCCCCCCC1=C(CCCCC(=O)OCCCC)C(=O)C(C)=C(NCCCC(=O)OCCC)C1=O. The topological polar surface area (TPSA) is 98.8 Å². The van der Waals surface area contributed by atoms with E-state index in [0.29, 0.717) is 80.7 Å². The van der Waals surface area contributed by atoms with E-state index in [1.807, 2.05) is 6.92 Å². The molecule has 0 spiro atoms. The smallest absolute Gasteiger partial charge is 0.305 e. The highest BCUT2D eigenvalue weighted by molar-refractivity contribution is 6.24. The molecule has 0 aromatic rings. The third kappa shape index (κ3) is 16.8. The zero-order chi connectivity index (χ0) is 31.7. The summed E-state index contributed by atoms with van der Waals surface area (Å²) in [7, 11) is 0. The molecule has 246 valence electrons. The van der Waals surface area contributed by atoms with Crippen LogP contribution in [0.15, 0.2) is 22.4 Å². The molecule has 0 saturated heterocycles. The number of ketones is 2. The van der Waals surface area contributed by atoms with E-state index in [4.69, 9.17) is 9.47 Å². The molecule has 0 saturated carbocycles. The molecule has 0 unspecified atom stereocenters. The normalized spacial score (nSPS) is 13.6. The van der Waals surface area contributed by atoms with Crippen molar-refractivity contribution in [1.29, 1.82) is 0 Å². The summed E-state index contributed by atoms with van der Waals surface area (Å²) in [5, 5.41) is 3.17. The first-order valence-corrected chi connectivity index (χ1v) is 17.4. The van der Waals surface area contributed by atoms with Crippen LogP contribution in [0.1, 0.15) is 163 Å². The van der Waals surface area contributed by atoms with E-state index in [9.17, 15) is 19.2 Å². The minimum atomic E-state index is -0.242. The number of Topliss-reactive ketones (excluding diaryl/α,β-unsaturated/α-hetero) is 2. The first-order chi connectivity index (χ1) is 20.9. The summed E-state index contributed by atoms with van der Waals surface area (Å²) in [5.74, 6) is -0.607. The van der Waals surface area contributed by atoms with Gasteiger partial charge in [0.25, 0.3) is 0 Å². The van der Waals surface area contributed by atoms with Crippen molar-refractivity contribution in [1.82, 2.24) is 5.32 Å². The minimum Gasteiger partial charge on any atom is -0.466 e. The van der Waals surface area contributed by atoms with E-state index in [-0.39, 0.29) is 29.9 Å². The Kier molecular flexibility index (Phi) is 22.4. The molecule has 0 aliphatic heterocycles. The zero-order valence-electron chi connectivity index (χ0n) is 27.9. The molecule has 0 atom stereocenters. The van der Waals surface area contributed by atoms with E-state index in [1.54, 1.807) is 6.92 Å². The van der Waals surface area contributed by atoms with Crippen LogP contribution in [-0.4, -0.2) is 43.3 Å². The van der Waals surface area contributed by atoms with Gasteiger partial charge in [0.1, 0.15) is 0 Å². The Labute approximate surface area is 262 Å². The van der Waals surface area contributed by atoms with Crippen LogP contribution in [0, 0.1) is 0 Å². The molecule has 0 bridgehead atoms. The van der Waals surface area contributed by atoms with E-state index < -0.39 is 0 Å². The van der Waals surface area contributed by atoms with Crippen LogP contribution >= 0.6 is 0 Å². The van der Waals surface area contributed by atoms with Crippen LogP contribution in [0.5, 0.6) is 0 Å². The summed E-state index contributed by atoms with van der Waals surface area (Å²) >= 11 is 0. The van der Waals surface area contributed by atoms with Crippen molar-refractivity contribution < 1.29 is 28.7 Å². The van der Waals surface area contributed by atoms with Gasteiger partial charge in [-0.15, -0.1) is 0 Å². The third-order valence-corrected chi connectivity index (χ3v) is 8.03. The lowest BCUT2D eigenvalue weighted by atomic mass is 9.82. The van der Waals surface area contributed by atoms with Crippen molar-refractivity contribution >= 4 is 23.5 Å². The molecule has 1 aliphatic carbocycles. The fourth-order valence-corrected chi connectivity index (χ4v) is 5.35. The average Bonchev–Trinajstić information content (AvgIpc) is 3.00. The molecule has 0 heterocycles. The van der Waals surface area contributed by atoms with E-state index >= 15 is 0 Å². The molecule has 43 heavy (non-hydrogen) atoms. The van der Waals surface area contributed by atoms with Gasteiger partial charge in [0, 0.05) is 36.1 Å². The Hall–Kier alpha value is -2.44. The van der Waals surface area contributed by atoms with Gasteiger partial charge in [-0.05, 0) is 58.3 Å². The van der Waals surface area contributed by atoms with Gasteiger partial charge in [-0.25, -0.2) is 0 Å². The number of nitrogens with one attached hydrogen (secondary N) is 1. The van der Waals surface area contributed by atoms with Crippen LogP contribution in [0.25, 0.3) is 0 Å². The number of rotatable bonds is 27. The second-order valence-corrected chi connectivity index (χ2v) is 11.9. The van der Waals surface area contributed by atoms with Crippen LogP contribution in [0.2, 0.25) is 0 Å². The average molecular weight is 604 g/mol. The van der Waals surface area contributed by atoms with Gasteiger partial charge < -0.3 is 14.8 Å². The lowest BCUT2D eigenvalue weighted by Gasteiger charge is -2.23. The van der Waals surface area contributed by atoms with Gasteiger partial charge in [0.15, 0.2) is 5.78 Å². The monoisotopic (exact) mass is 603 g/mol. The molecule has 1 aliphatic rings. The van der Waals surface area contributed by atoms with Gasteiger partial charge in [-0.2, -0.15) is 0 Å². The number of ether oxygens (including phenoxy) is 2. The number of carbonyl (C=O) groups is 4. The standard InChI is InChI=1S/C36H61NO6/c1-5-8-10-11-12-13-14-15-16-17-18-22-31-30(23-19-20-24-32(38)43-28-9-6-2)35(40)29(4)34(36(31)41)37-26-21-25-33(39)42-27-7-3/h37H,5-28H2,1-4H3. The number of allylic oxidation sites excluding steroid dienone is 3. The molecular formula is C36H61NO6. The molecule has 0 aromatic carbocycles. The molecule has 0 radical (unpaired) electrons. The van der Waals surface area contributed by atoms with Crippen molar-refractivity contribution in [2.75, 3.05) is 19.8 Å². The maximum Gasteiger partial charge on any atom is 0.305 e.